The first kappa shape index (κ1) is 37.1. The van der Waals surface area contributed by atoms with Crippen molar-refractivity contribution in [1.82, 2.24) is 20.0 Å². The van der Waals surface area contributed by atoms with Gasteiger partial charge in [0.2, 0.25) is 17.7 Å². The van der Waals surface area contributed by atoms with Crippen molar-refractivity contribution in [1.29, 1.82) is 0 Å². The molecule has 5 aliphatic rings. The molecule has 0 aliphatic carbocycles. The maximum Gasteiger partial charge on any atom is 0.313 e. The highest BCUT2D eigenvalue weighted by atomic mass is 16.6. The summed E-state index contributed by atoms with van der Waals surface area (Å²) in [7, 11) is 1.52. The van der Waals surface area contributed by atoms with Crippen molar-refractivity contribution in [2.75, 3.05) is 66.3 Å². The summed E-state index contributed by atoms with van der Waals surface area (Å²) in [6, 6.07) is 6.64. The van der Waals surface area contributed by atoms with Crippen molar-refractivity contribution in [2.24, 2.45) is 17.8 Å². The molecule has 3 saturated heterocycles. The fourth-order valence-electron chi connectivity index (χ4n) is 8.35. The minimum absolute atomic E-state index is 0.0705. The molecule has 13 nitrogen and oxygen atoms in total. The van der Waals surface area contributed by atoms with Crippen LogP contribution in [0.4, 0.5) is 0 Å². The molecule has 5 aliphatic heterocycles. The number of carbonyl (C=O) groups is 4. The van der Waals surface area contributed by atoms with Crippen LogP contribution in [0.25, 0.3) is 0 Å². The highest BCUT2D eigenvalue weighted by Crippen LogP contribution is 2.56. The van der Waals surface area contributed by atoms with Crippen LogP contribution in [0.5, 0.6) is 0 Å². The van der Waals surface area contributed by atoms with E-state index >= 15 is 4.79 Å². The van der Waals surface area contributed by atoms with Gasteiger partial charge in [-0.15, -0.1) is 0 Å². The topological polar surface area (TPSA) is 147 Å². The van der Waals surface area contributed by atoms with Crippen LogP contribution in [0.2, 0.25) is 0 Å². The second kappa shape index (κ2) is 16.4. The van der Waals surface area contributed by atoms with E-state index in [9.17, 15) is 19.5 Å². The van der Waals surface area contributed by atoms with Crippen LogP contribution in [0.1, 0.15) is 44.8 Å². The number of carbonyl (C=O) groups excluding carboxylic acids is 4. The smallest absolute Gasteiger partial charge is 0.313 e. The fourth-order valence-corrected chi connectivity index (χ4v) is 8.35. The number of fused-ring (bicyclic) bond motifs is 2. The molecule has 51 heavy (non-hydrogen) atoms. The Balaban J connectivity index is 1.42. The number of hydrogen-bond donors (Lipinski definition) is 2. The van der Waals surface area contributed by atoms with Gasteiger partial charge < -0.3 is 39.2 Å². The number of benzene rings is 1. The second-order valence-corrected chi connectivity index (χ2v) is 14.6. The van der Waals surface area contributed by atoms with E-state index in [0.29, 0.717) is 44.7 Å². The monoisotopic (exact) mass is 708 g/mol. The molecule has 6 rings (SSSR count). The lowest BCUT2D eigenvalue weighted by Gasteiger charge is -2.39. The molecule has 1 spiro atoms. The van der Waals surface area contributed by atoms with E-state index in [1.54, 1.807) is 17.1 Å². The normalized spacial score (nSPS) is 33.0. The summed E-state index contributed by atoms with van der Waals surface area (Å²) in [5.41, 5.74) is -0.773. The lowest BCUT2D eigenvalue weighted by molar-refractivity contribution is -0.163. The predicted octanol–water partition coefficient (Wildman–Crippen LogP) is 1.47. The van der Waals surface area contributed by atoms with Gasteiger partial charge in [-0.25, -0.2) is 0 Å². The van der Waals surface area contributed by atoms with E-state index in [1.807, 2.05) is 56.3 Å². The van der Waals surface area contributed by atoms with Gasteiger partial charge in [0.1, 0.15) is 23.7 Å². The number of aliphatic hydroxyl groups is 1. The third-order valence-corrected chi connectivity index (χ3v) is 10.7. The summed E-state index contributed by atoms with van der Waals surface area (Å²) < 4.78 is 23.9. The van der Waals surface area contributed by atoms with E-state index in [-0.39, 0.29) is 43.9 Å². The number of hydrogen-bond acceptors (Lipinski definition) is 10. The van der Waals surface area contributed by atoms with Crippen molar-refractivity contribution in [3.05, 3.63) is 60.2 Å². The van der Waals surface area contributed by atoms with E-state index in [2.05, 4.69) is 10.2 Å². The van der Waals surface area contributed by atoms with Gasteiger partial charge >= 0.3 is 5.97 Å². The van der Waals surface area contributed by atoms with Gasteiger partial charge in [-0.3, -0.25) is 24.1 Å². The zero-order valence-electron chi connectivity index (χ0n) is 29.9. The number of likely N-dealkylation sites (tertiary alicyclic amines) is 1. The van der Waals surface area contributed by atoms with Gasteiger partial charge in [0.15, 0.2) is 0 Å². The Morgan fingerprint density at radius 2 is 1.80 bits per heavy atom. The molecule has 8 atom stereocenters. The number of esters is 1. The number of nitrogens with one attached hydrogen (secondary N) is 1. The summed E-state index contributed by atoms with van der Waals surface area (Å²) in [5.74, 6) is -3.61. The Bertz CT molecular complexity index is 1460. The maximum atomic E-state index is 15.0. The Morgan fingerprint density at radius 3 is 2.51 bits per heavy atom. The SMILES string of the molecule is COC[C@@H]1NC(=O)CC/C=C\CN(CCN2CCOCC2)C(=O)[C@H]2N([C@@H](CO)CC(C)C)C(=O)[C@@H]3[C@@H](C(=O)O[C@H]1c1ccccc1)[C@H]1C=C[C@]32O1. The number of ether oxygens (including phenoxy) is 4. The molecule has 0 unspecified atom stereocenters. The minimum atomic E-state index is -1.43. The molecule has 5 heterocycles. The standard InChI is InChI=1S/C38H52N4O9/c1-25(2)22-27(23-43)42-34-36(46)41(17-16-40-18-20-49-21-19-40)15-9-5-8-12-30(44)39-28(24-48-3)33(26-10-6-4-7-11-26)50-37(47)31-29-13-14-38(34,51-29)32(31)35(42)45/h4-7,9-11,13-14,25,27-29,31-34,43H,8,12,15-24H2,1-3H3,(H,39,44)/b9-5-/t27-,28+,29-,31+,32+,33+,34-,38+/m1/s1. The first-order chi connectivity index (χ1) is 24.7. The van der Waals surface area contributed by atoms with Crippen molar-refractivity contribution in [3.63, 3.8) is 0 Å². The van der Waals surface area contributed by atoms with Crippen molar-refractivity contribution >= 4 is 23.7 Å². The maximum absolute atomic E-state index is 15.0. The van der Waals surface area contributed by atoms with E-state index in [4.69, 9.17) is 18.9 Å². The third kappa shape index (κ3) is 7.64. The van der Waals surface area contributed by atoms with Crippen molar-refractivity contribution in [2.45, 2.75) is 69.0 Å². The Kier molecular flexibility index (Phi) is 11.9. The molecule has 1 aromatic rings. The summed E-state index contributed by atoms with van der Waals surface area (Å²) in [6.07, 6.45) is 6.64. The first-order valence-corrected chi connectivity index (χ1v) is 18.3. The van der Waals surface area contributed by atoms with Crippen LogP contribution < -0.4 is 5.32 Å². The molecule has 5 bridgehead atoms. The lowest BCUT2D eigenvalue weighted by Crippen LogP contribution is -2.59. The molecule has 3 fully saturated rings. The van der Waals surface area contributed by atoms with Crippen LogP contribution in [-0.4, -0.2) is 140 Å². The van der Waals surface area contributed by atoms with Gasteiger partial charge in [0.05, 0.1) is 50.5 Å². The van der Waals surface area contributed by atoms with E-state index in [1.165, 1.54) is 12.0 Å². The molecule has 278 valence electrons. The number of amides is 3. The molecule has 0 aromatic heterocycles. The summed E-state index contributed by atoms with van der Waals surface area (Å²) in [6.45, 7) is 7.70. The zero-order valence-corrected chi connectivity index (χ0v) is 29.9. The summed E-state index contributed by atoms with van der Waals surface area (Å²) in [4.78, 5) is 63.0. The third-order valence-electron chi connectivity index (χ3n) is 10.7. The average molecular weight is 709 g/mol. The molecule has 2 N–H and O–H groups in total. The number of nitrogens with zero attached hydrogens (tertiary/aromatic N) is 3. The first-order valence-electron chi connectivity index (χ1n) is 18.3. The number of methoxy groups -OCH3 is 1. The highest BCUT2D eigenvalue weighted by Gasteiger charge is 2.74. The van der Waals surface area contributed by atoms with Crippen LogP contribution in [0, 0.1) is 17.8 Å². The van der Waals surface area contributed by atoms with E-state index in [0.717, 1.165) is 13.1 Å². The lowest BCUT2D eigenvalue weighted by atomic mass is 9.74. The van der Waals surface area contributed by atoms with Gasteiger partial charge in [0, 0.05) is 46.3 Å². The van der Waals surface area contributed by atoms with E-state index < -0.39 is 59.6 Å². The van der Waals surface area contributed by atoms with Gasteiger partial charge in [-0.2, -0.15) is 0 Å². The molecular formula is C38H52N4O9. The summed E-state index contributed by atoms with van der Waals surface area (Å²) >= 11 is 0. The molecule has 1 aromatic carbocycles. The van der Waals surface area contributed by atoms with Crippen molar-refractivity contribution in [3.8, 4) is 0 Å². The average Bonchev–Trinajstić information content (AvgIpc) is 3.78. The Morgan fingerprint density at radius 1 is 1.04 bits per heavy atom. The van der Waals surface area contributed by atoms with Gasteiger partial charge in [-0.1, -0.05) is 68.5 Å². The Labute approximate surface area is 299 Å². The quantitative estimate of drug-likeness (QED) is 0.271. The second-order valence-electron chi connectivity index (χ2n) is 14.6. The molecule has 3 amide bonds. The summed E-state index contributed by atoms with van der Waals surface area (Å²) in [5, 5.41) is 13.7. The highest BCUT2D eigenvalue weighted by molar-refractivity contribution is 5.99. The minimum Gasteiger partial charge on any atom is -0.455 e. The van der Waals surface area contributed by atoms with Crippen LogP contribution in [0.15, 0.2) is 54.6 Å². The van der Waals surface area contributed by atoms with Gasteiger partial charge in [-0.05, 0) is 24.3 Å². The number of morpholine rings is 1. The Hall–Kier alpha value is -3.62. The van der Waals surface area contributed by atoms with Crippen LogP contribution in [-0.2, 0) is 38.1 Å². The zero-order chi connectivity index (χ0) is 36.1. The molecular weight excluding hydrogens is 656 g/mol. The van der Waals surface area contributed by atoms with Crippen molar-refractivity contribution < 1.29 is 43.2 Å². The molecule has 0 saturated carbocycles. The predicted molar refractivity (Wildman–Crippen MR) is 186 cm³/mol. The number of cyclic esters (lactones) is 1. The largest absolute Gasteiger partial charge is 0.455 e. The number of rotatable bonds is 10. The number of aliphatic hydroxyl groups excluding tert-OH is 1. The van der Waals surface area contributed by atoms with Crippen LogP contribution >= 0.6 is 0 Å². The number of allylic oxidation sites excluding steroid dienone is 1. The fraction of sp³-hybridized carbons (Fsp3) is 0.632. The molecule has 13 heteroatoms. The molecule has 0 radical (unpaired) electrons. The van der Waals surface area contributed by atoms with Crippen LogP contribution in [0.3, 0.4) is 0 Å². The van der Waals surface area contributed by atoms with Gasteiger partial charge in [0.25, 0.3) is 0 Å².